The number of alkyl halides is 3. The number of phenolic OH excluding ortho intramolecular Hbond substituents is 1. The van der Waals surface area contributed by atoms with Crippen LogP contribution in [0.2, 0.25) is 0 Å². The van der Waals surface area contributed by atoms with E-state index in [1.54, 1.807) is 18.2 Å². The molecule has 3 aromatic carbocycles. The fourth-order valence-electron chi connectivity index (χ4n) is 4.19. The quantitative estimate of drug-likeness (QED) is 0.489. The molecule has 7 nitrogen and oxygen atoms in total. The van der Waals surface area contributed by atoms with Crippen LogP contribution in [0.3, 0.4) is 0 Å². The monoisotopic (exact) mass is 488 g/mol. The summed E-state index contributed by atoms with van der Waals surface area (Å²) in [7, 11) is 0. The maximum Gasteiger partial charge on any atom is 0.573 e. The Morgan fingerprint density at radius 3 is 2.51 bits per heavy atom. The summed E-state index contributed by atoms with van der Waals surface area (Å²) in [6.45, 7) is 0.143. The average Bonchev–Trinajstić information content (AvgIpc) is 3.32. The summed E-state index contributed by atoms with van der Waals surface area (Å²) in [4.78, 5) is 27.4. The average molecular weight is 488 g/mol. The van der Waals surface area contributed by atoms with Gasteiger partial charge in [0.1, 0.15) is 17.5 Å². The van der Waals surface area contributed by atoms with Crippen LogP contribution in [-0.2, 0) is 4.79 Å². The number of aliphatic hydroxyl groups excluding tert-OH is 1. The maximum absolute atomic E-state index is 13.2. The first kappa shape index (κ1) is 24.3. The first-order valence-corrected chi connectivity index (χ1v) is 11.0. The van der Waals surface area contributed by atoms with Gasteiger partial charge in [0.15, 0.2) is 0 Å². The van der Waals surface area contributed by atoms with Crippen molar-refractivity contribution in [3.05, 3.63) is 71.8 Å². The predicted octanol–water partition coefficient (Wildman–Crippen LogP) is 3.90. The SMILES string of the molecule is O=C(NCC(O)c1ccc(OC(F)(F)F)cc1)C1CCCN1C(=O)c1ccc2ccccc2c1O. The summed E-state index contributed by atoms with van der Waals surface area (Å²) < 4.78 is 40.7. The van der Waals surface area contributed by atoms with E-state index in [1.165, 1.54) is 23.1 Å². The molecule has 2 amide bonds. The van der Waals surface area contributed by atoms with Crippen molar-refractivity contribution in [2.24, 2.45) is 0 Å². The third-order valence-electron chi connectivity index (χ3n) is 5.92. The van der Waals surface area contributed by atoms with Crippen molar-refractivity contribution in [3.8, 4) is 11.5 Å². The molecule has 0 radical (unpaired) electrons. The summed E-state index contributed by atoms with van der Waals surface area (Å²) in [5.74, 6) is -1.50. The van der Waals surface area contributed by atoms with E-state index >= 15 is 0 Å². The number of carbonyl (C=O) groups is 2. The first-order valence-electron chi connectivity index (χ1n) is 11.0. The highest BCUT2D eigenvalue weighted by atomic mass is 19.4. The van der Waals surface area contributed by atoms with Crippen molar-refractivity contribution in [2.45, 2.75) is 31.3 Å². The second kappa shape index (κ2) is 9.83. The van der Waals surface area contributed by atoms with Crippen molar-refractivity contribution in [1.29, 1.82) is 0 Å². The van der Waals surface area contributed by atoms with Crippen LogP contribution in [0.15, 0.2) is 60.7 Å². The van der Waals surface area contributed by atoms with Gasteiger partial charge in [-0.15, -0.1) is 13.2 Å². The highest BCUT2D eigenvalue weighted by Gasteiger charge is 2.36. The van der Waals surface area contributed by atoms with Crippen LogP contribution >= 0.6 is 0 Å². The van der Waals surface area contributed by atoms with Gasteiger partial charge in [0.05, 0.1) is 11.7 Å². The van der Waals surface area contributed by atoms with E-state index in [-0.39, 0.29) is 17.9 Å². The van der Waals surface area contributed by atoms with Crippen LogP contribution in [0.4, 0.5) is 13.2 Å². The molecule has 184 valence electrons. The summed E-state index contributed by atoms with van der Waals surface area (Å²) in [5, 5.41) is 24.9. The Bertz CT molecular complexity index is 1230. The molecular formula is C25H23F3N2O5. The number of aliphatic hydroxyl groups is 1. The lowest BCUT2D eigenvalue weighted by atomic mass is 10.0. The Balaban J connectivity index is 1.40. The molecule has 1 heterocycles. The molecule has 10 heteroatoms. The number of benzene rings is 3. The van der Waals surface area contributed by atoms with Crippen LogP contribution in [0.1, 0.15) is 34.9 Å². The Morgan fingerprint density at radius 2 is 1.80 bits per heavy atom. The van der Waals surface area contributed by atoms with E-state index in [4.69, 9.17) is 0 Å². The molecule has 1 fully saturated rings. The summed E-state index contributed by atoms with van der Waals surface area (Å²) in [6, 6.07) is 14.3. The summed E-state index contributed by atoms with van der Waals surface area (Å²) in [6.07, 6.45) is -4.97. The fourth-order valence-corrected chi connectivity index (χ4v) is 4.19. The van der Waals surface area contributed by atoms with Gasteiger partial charge < -0.3 is 25.2 Å². The zero-order valence-corrected chi connectivity index (χ0v) is 18.5. The number of aromatic hydroxyl groups is 1. The third kappa shape index (κ3) is 5.48. The zero-order valence-electron chi connectivity index (χ0n) is 18.5. The molecule has 4 rings (SSSR count). The van der Waals surface area contributed by atoms with Gasteiger partial charge in [-0.3, -0.25) is 9.59 Å². The minimum atomic E-state index is -4.82. The first-order chi connectivity index (χ1) is 16.6. The maximum atomic E-state index is 13.2. The van der Waals surface area contributed by atoms with Crippen molar-refractivity contribution in [1.82, 2.24) is 10.2 Å². The Morgan fingerprint density at radius 1 is 1.09 bits per heavy atom. The number of halogens is 3. The highest BCUT2D eigenvalue weighted by molar-refractivity contribution is 6.05. The number of hydrogen-bond donors (Lipinski definition) is 3. The number of carbonyl (C=O) groups excluding carboxylic acids is 2. The Hall–Kier alpha value is -3.79. The van der Waals surface area contributed by atoms with Crippen molar-refractivity contribution >= 4 is 22.6 Å². The van der Waals surface area contributed by atoms with Crippen LogP contribution in [0.25, 0.3) is 10.8 Å². The molecule has 0 bridgehead atoms. The number of phenols is 1. The van der Waals surface area contributed by atoms with Gasteiger partial charge in [0.25, 0.3) is 5.91 Å². The van der Waals surface area contributed by atoms with Crippen molar-refractivity contribution < 1.29 is 37.7 Å². The van der Waals surface area contributed by atoms with E-state index < -0.39 is 36.1 Å². The molecule has 1 saturated heterocycles. The molecule has 0 spiro atoms. The van der Waals surface area contributed by atoms with Gasteiger partial charge in [-0.2, -0.15) is 0 Å². The highest BCUT2D eigenvalue weighted by Crippen LogP contribution is 2.31. The fraction of sp³-hybridized carbons (Fsp3) is 0.280. The van der Waals surface area contributed by atoms with E-state index in [1.807, 2.05) is 12.1 Å². The molecule has 2 atom stereocenters. The minimum absolute atomic E-state index is 0.101. The Labute approximate surface area is 198 Å². The number of ether oxygens (including phenoxy) is 1. The number of hydrogen-bond acceptors (Lipinski definition) is 5. The zero-order chi connectivity index (χ0) is 25.2. The van der Waals surface area contributed by atoms with Crippen LogP contribution in [0, 0.1) is 0 Å². The van der Waals surface area contributed by atoms with Crippen LogP contribution < -0.4 is 10.1 Å². The normalized spacial score (nSPS) is 16.8. The molecule has 2 unspecified atom stereocenters. The standard InChI is InChI=1S/C25H23F3N2O5/c26-25(27,28)35-17-10-7-16(8-11-17)21(31)14-29-23(33)20-6-3-13-30(20)24(34)19-12-9-15-4-1-2-5-18(15)22(19)32/h1-2,4-5,7-12,20-21,31-32H,3,6,13-14H2,(H,29,33). The van der Waals surface area contributed by atoms with Crippen LogP contribution in [0.5, 0.6) is 11.5 Å². The minimum Gasteiger partial charge on any atom is -0.506 e. The number of nitrogens with one attached hydrogen (secondary N) is 1. The van der Waals surface area contributed by atoms with Crippen molar-refractivity contribution in [3.63, 3.8) is 0 Å². The number of nitrogens with zero attached hydrogens (tertiary/aromatic N) is 1. The molecule has 0 aromatic heterocycles. The second-order valence-corrected chi connectivity index (χ2v) is 8.22. The van der Waals surface area contributed by atoms with Gasteiger partial charge >= 0.3 is 6.36 Å². The van der Waals surface area contributed by atoms with Gasteiger partial charge in [-0.1, -0.05) is 42.5 Å². The van der Waals surface area contributed by atoms with E-state index in [0.29, 0.717) is 30.3 Å². The smallest absolute Gasteiger partial charge is 0.506 e. The molecule has 1 aliphatic heterocycles. The molecule has 1 aliphatic rings. The van der Waals surface area contributed by atoms with E-state index in [9.17, 15) is 33.0 Å². The number of fused-ring (bicyclic) bond motifs is 1. The van der Waals surface area contributed by atoms with E-state index in [2.05, 4.69) is 10.1 Å². The van der Waals surface area contributed by atoms with Crippen molar-refractivity contribution in [2.75, 3.05) is 13.1 Å². The van der Waals surface area contributed by atoms with Crippen LogP contribution in [-0.4, -0.2) is 52.4 Å². The molecule has 0 aliphatic carbocycles. The number of amides is 2. The Kier molecular flexibility index (Phi) is 6.83. The number of rotatable bonds is 6. The molecule has 3 N–H and O–H groups in total. The molecule has 35 heavy (non-hydrogen) atoms. The largest absolute Gasteiger partial charge is 0.573 e. The second-order valence-electron chi connectivity index (χ2n) is 8.22. The van der Waals surface area contributed by atoms with Gasteiger partial charge in [0.2, 0.25) is 5.91 Å². The molecule has 3 aromatic rings. The van der Waals surface area contributed by atoms with Gasteiger partial charge in [-0.05, 0) is 42.0 Å². The van der Waals surface area contributed by atoms with Gasteiger partial charge in [-0.25, -0.2) is 0 Å². The number of likely N-dealkylation sites (tertiary alicyclic amines) is 1. The van der Waals surface area contributed by atoms with E-state index in [0.717, 1.165) is 17.5 Å². The lowest BCUT2D eigenvalue weighted by Crippen LogP contribution is -2.46. The lowest BCUT2D eigenvalue weighted by Gasteiger charge is -2.25. The molecule has 0 saturated carbocycles. The lowest BCUT2D eigenvalue weighted by molar-refractivity contribution is -0.274. The van der Waals surface area contributed by atoms with Gasteiger partial charge in [0, 0.05) is 18.5 Å². The summed E-state index contributed by atoms with van der Waals surface area (Å²) in [5.41, 5.74) is 0.393. The predicted molar refractivity (Wildman–Crippen MR) is 121 cm³/mol. The third-order valence-corrected chi connectivity index (χ3v) is 5.92. The topological polar surface area (TPSA) is 99.1 Å². The summed E-state index contributed by atoms with van der Waals surface area (Å²) >= 11 is 0. The molecular weight excluding hydrogens is 465 g/mol.